The van der Waals surface area contributed by atoms with Gasteiger partial charge in [0.15, 0.2) is 0 Å². The molecule has 31 heavy (non-hydrogen) atoms. The number of nitrogens with zero attached hydrogens (tertiary/aromatic N) is 5. The number of anilines is 1. The summed E-state index contributed by atoms with van der Waals surface area (Å²) in [5.41, 5.74) is 0.700. The third-order valence-corrected chi connectivity index (χ3v) is 5.69. The van der Waals surface area contributed by atoms with Crippen LogP contribution in [0.15, 0.2) is 36.9 Å². The van der Waals surface area contributed by atoms with E-state index in [4.69, 9.17) is 0 Å². The van der Waals surface area contributed by atoms with E-state index in [1.54, 1.807) is 24.3 Å². The fourth-order valence-electron chi connectivity index (χ4n) is 3.92. The summed E-state index contributed by atoms with van der Waals surface area (Å²) in [4.78, 5) is 43.5. The van der Waals surface area contributed by atoms with Crippen LogP contribution in [0, 0.1) is 10.1 Å². The van der Waals surface area contributed by atoms with Crippen molar-refractivity contribution in [1.82, 2.24) is 20.0 Å². The molecule has 0 saturated carbocycles. The maximum absolute atomic E-state index is 12.7. The highest BCUT2D eigenvalue weighted by atomic mass is 16.6. The minimum absolute atomic E-state index is 0.0130. The number of hydrogen-bond donors (Lipinski definition) is 1. The average molecular weight is 431 g/mol. The van der Waals surface area contributed by atoms with Gasteiger partial charge in [0, 0.05) is 65.0 Å². The molecule has 1 aromatic rings. The summed E-state index contributed by atoms with van der Waals surface area (Å²) in [6, 6.07) is 6.72. The lowest BCUT2D eigenvalue weighted by Crippen LogP contribution is -2.54. The quantitative estimate of drug-likeness (QED) is 0.356. The van der Waals surface area contributed by atoms with Crippen molar-refractivity contribution in [1.29, 1.82) is 0 Å². The van der Waals surface area contributed by atoms with Gasteiger partial charge in [-0.25, -0.2) is 0 Å². The van der Waals surface area contributed by atoms with E-state index in [0.29, 0.717) is 51.5 Å². The molecule has 10 nitrogen and oxygen atoms in total. The van der Waals surface area contributed by atoms with E-state index in [1.165, 1.54) is 6.07 Å². The van der Waals surface area contributed by atoms with Crippen LogP contribution in [-0.2, 0) is 9.59 Å². The normalized spacial score (nSPS) is 17.9. The van der Waals surface area contributed by atoms with Gasteiger partial charge in [-0.3, -0.25) is 29.5 Å². The van der Waals surface area contributed by atoms with Gasteiger partial charge < -0.3 is 15.1 Å². The Bertz CT molecular complexity index is 801. The van der Waals surface area contributed by atoms with E-state index in [-0.39, 0.29) is 22.4 Å². The molecule has 2 amide bonds. The molecule has 2 aliphatic rings. The van der Waals surface area contributed by atoms with Gasteiger partial charge in [0.2, 0.25) is 11.8 Å². The van der Waals surface area contributed by atoms with Gasteiger partial charge in [-0.1, -0.05) is 18.2 Å². The average Bonchev–Trinajstić information content (AvgIpc) is 2.79. The fraction of sp³-hybridized carbons (Fsp3) is 0.524. The predicted molar refractivity (Wildman–Crippen MR) is 118 cm³/mol. The van der Waals surface area contributed by atoms with Crippen LogP contribution < -0.4 is 10.2 Å². The van der Waals surface area contributed by atoms with Crippen LogP contribution in [0.3, 0.4) is 0 Å². The number of carbonyl (C=O) groups is 2. The second-order valence-corrected chi connectivity index (χ2v) is 7.76. The van der Waals surface area contributed by atoms with E-state index in [2.05, 4.69) is 21.7 Å². The SMILES string of the molecule is C=CCNC(=O)CN1CCN(CC(=O)N2CCN(c3ccccc3[N+](=O)[O-])CC2)CC1. The van der Waals surface area contributed by atoms with Crippen LogP contribution in [0.1, 0.15) is 0 Å². The van der Waals surface area contributed by atoms with Crippen LogP contribution in [0.4, 0.5) is 11.4 Å². The molecular formula is C21H30N6O4. The molecule has 1 N–H and O–H groups in total. The van der Waals surface area contributed by atoms with Gasteiger partial charge in [-0.2, -0.15) is 0 Å². The summed E-state index contributed by atoms with van der Waals surface area (Å²) in [6.45, 7) is 10.0. The molecule has 168 valence electrons. The van der Waals surface area contributed by atoms with Gasteiger partial charge in [-0.05, 0) is 6.07 Å². The second kappa shape index (κ2) is 10.9. The Balaban J connectivity index is 1.41. The van der Waals surface area contributed by atoms with Crippen molar-refractivity contribution in [2.45, 2.75) is 0 Å². The topological polar surface area (TPSA) is 102 Å². The lowest BCUT2D eigenvalue weighted by Gasteiger charge is -2.38. The molecule has 1 aromatic carbocycles. The van der Waals surface area contributed by atoms with E-state index < -0.39 is 0 Å². The number of carbonyl (C=O) groups excluding carboxylic acids is 2. The molecule has 2 fully saturated rings. The lowest BCUT2D eigenvalue weighted by molar-refractivity contribution is -0.384. The van der Waals surface area contributed by atoms with Crippen molar-refractivity contribution in [3.63, 3.8) is 0 Å². The highest BCUT2D eigenvalue weighted by molar-refractivity contribution is 5.79. The number of nitro groups is 1. The van der Waals surface area contributed by atoms with Crippen LogP contribution in [0.5, 0.6) is 0 Å². The van der Waals surface area contributed by atoms with Crippen molar-refractivity contribution in [3.8, 4) is 0 Å². The Morgan fingerprint density at radius 2 is 1.61 bits per heavy atom. The molecule has 0 aliphatic carbocycles. The monoisotopic (exact) mass is 430 g/mol. The zero-order valence-corrected chi connectivity index (χ0v) is 17.7. The smallest absolute Gasteiger partial charge is 0.292 e. The molecule has 2 heterocycles. The molecule has 0 aromatic heterocycles. The van der Waals surface area contributed by atoms with Gasteiger partial charge >= 0.3 is 0 Å². The van der Waals surface area contributed by atoms with Crippen molar-refractivity contribution >= 4 is 23.2 Å². The minimum Gasteiger partial charge on any atom is -0.362 e. The van der Waals surface area contributed by atoms with Gasteiger partial charge in [0.25, 0.3) is 5.69 Å². The van der Waals surface area contributed by atoms with E-state index in [1.807, 2.05) is 9.80 Å². The highest BCUT2D eigenvalue weighted by Gasteiger charge is 2.27. The molecule has 0 bridgehead atoms. The van der Waals surface area contributed by atoms with Gasteiger partial charge in [-0.15, -0.1) is 6.58 Å². The molecule has 0 radical (unpaired) electrons. The maximum atomic E-state index is 12.7. The van der Waals surface area contributed by atoms with E-state index >= 15 is 0 Å². The molecule has 2 aliphatic heterocycles. The summed E-state index contributed by atoms with van der Waals surface area (Å²) >= 11 is 0. The molecule has 0 atom stereocenters. The van der Waals surface area contributed by atoms with Crippen LogP contribution >= 0.6 is 0 Å². The van der Waals surface area contributed by atoms with Gasteiger partial charge in [0.1, 0.15) is 5.69 Å². The first kappa shape index (κ1) is 22.7. The molecule has 2 saturated heterocycles. The zero-order valence-electron chi connectivity index (χ0n) is 17.7. The zero-order chi connectivity index (χ0) is 22.2. The summed E-state index contributed by atoms with van der Waals surface area (Å²) in [7, 11) is 0. The molecule has 3 rings (SSSR count). The second-order valence-electron chi connectivity index (χ2n) is 7.76. The lowest BCUT2D eigenvalue weighted by atomic mass is 10.2. The minimum atomic E-state index is -0.365. The number of amides is 2. The van der Waals surface area contributed by atoms with Crippen LogP contribution in [0.2, 0.25) is 0 Å². The summed E-state index contributed by atoms with van der Waals surface area (Å²) in [5.74, 6) is 0.0698. The first-order chi connectivity index (χ1) is 15.0. The highest BCUT2D eigenvalue weighted by Crippen LogP contribution is 2.28. The Hall–Kier alpha value is -2.98. The number of hydrogen-bond acceptors (Lipinski definition) is 7. The number of nitro benzene ring substituents is 1. The third kappa shape index (κ3) is 6.25. The van der Waals surface area contributed by atoms with E-state index in [9.17, 15) is 19.7 Å². The number of piperazine rings is 2. The molecule has 0 unspecified atom stereocenters. The maximum Gasteiger partial charge on any atom is 0.292 e. The third-order valence-electron chi connectivity index (χ3n) is 5.69. The van der Waals surface area contributed by atoms with Crippen LogP contribution in [0.25, 0.3) is 0 Å². The fourth-order valence-corrected chi connectivity index (χ4v) is 3.92. The first-order valence-electron chi connectivity index (χ1n) is 10.6. The number of para-hydroxylation sites is 2. The van der Waals surface area contributed by atoms with Crippen molar-refractivity contribution < 1.29 is 14.5 Å². The first-order valence-corrected chi connectivity index (χ1v) is 10.6. The number of rotatable bonds is 8. The Morgan fingerprint density at radius 1 is 1.00 bits per heavy atom. The Morgan fingerprint density at radius 3 is 2.23 bits per heavy atom. The largest absolute Gasteiger partial charge is 0.362 e. The van der Waals surface area contributed by atoms with Crippen molar-refractivity contribution in [3.05, 3.63) is 47.0 Å². The summed E-state index contributed by atoms with van der Waals surface area (Å²) in [5, 5.41) is 14.0. The number of nitrogens with one attached hydrogen (secondary N) is 1. The molecule has 10 heteroatoms. The summed E-state index contributed by atoms with van der Waals surface area (Å²) in [6.07, 6.45) is 1.66. The molecule has 0 spiro atoms. The van der Waals surface area contributed by atoms with E-state index in [0.717, 1.165) is 26.2 Å². The van der Waals surface area contributed by atoms with Crippen molar-refractivity contribution in [2.24, 2.45) is 0 Å². The Kier molecular flexibility index (Phi) is 7.96. The Labute approximate surface area is 182 Å². The predicted octanol–water partition coefficient (Wildman–Crippen LogP) is 0.163. The van der Waals surface area contributed by atoms with Crippen molar-refractivity contribution in [2.75, 3.05) is 76.9 Å². The standard InChI is InChI=1S/C21H30N6O4/c1-2-7-22-20(28)16-23-8-10-24(11-9-23)17-21(29)26-14-12-25(13-15-26)18-5-3-4-6-19(18)27(30)31/h2-6H,1,7-17H2,(H,22,28). The number of benzene rings is 1. The molecular weight excluding hydrogens is 400 g/mol. The van der Waals surface area contributed by atoms with Gasteiger partial charge in [0.05, 0.1) is 18.0 Å². The van der Waals surface area contributed by atoms with Crippen LogP contribution in [-0.4, -0.2) is 103 Å². The summed E-state index contributed by atoms with van der Waals surface area (Å²) < 4.78 is 0.